The minimum absolute atomic E-state index is 0.217. The number of carboxylic acid groups (broad SMARTS) is 1. The predicted octanol–water partition coefficient (Wildman–Crippen LogP) is 3.62. The number of alkyl halides is 2. The SMILES string of the molecule is COc1ccc(N2CC(C(=O)O)C(=O)N(Cc3cccc(C(F)F)c3C)C2=O)cc1OC. The lowest BCUT2D eigenvalue weighted by atomic mass is 10.00. The summed E-state index contributed by atoms with van der Waals surface area (Å²) >= 11 is 0. The average Bonchev–Trinajstić information content (AvgIpc) is 2.76. The van der Waals surface area contributed by atoms with Gasteiger partial charge in [-0.15, -0.1) is 0 Å². The van der Waals surface area contributed by atoms with Crippen LogP contribution in [0.5, 0.6) is 11.5 Å². The number of anilines is 1. The Balaban J connectivity index is 2.01. The van der Waals surface area contributed by atoms with Gasteiger partial charge in [0.05, 0.1) is 20.8 Å². The molecular formula is C22H22F2N2O6. The first-order valence-corrected chi connectivity index (χ1v) is 9.63. The van der Waals surface area contributed by atoms with E-state index in [0.29, 0.717) is 22.7 Å². The lowest BCUT2D eigenvalue weighted by Crippen LogP contribution is -2.58. The third-order valence-corrected chi connectivity index (χ3v) is 5.42. The first-order valence-electron chi connectivity index (χ1n) is 9.63. The van der Waals surface area contributed by atoms with Crippen molar-refractivity contribution in [2.75, 3.05) is 25.7 Å². The van der Waals surface area contributed by atoms with E-state index in [2.05, 4.69) is 0 Å². The molecule has 0 aromatic heterocycles. The van der Waals surface area contributed by atoms with E-state index in [1.165, 1.54) is 51.5 Å². The topological polar surface area (TPSA) is 96.4 Å². The van der Waals surface area contributed by atoms with E-state index in [1.807, 2.05) is 0 Å². The molecule has 1 saturated heterocycles. The molecule has 2 aromatic rings. The summed E-state index contributed by atoms with van der Waals surface area (Å²) in [4.78, 5) is 39.7. The third-order valence-electron chi connectivity index (χ3n) is 5.42. The van der Waals surface area contributed by atoms with Gasteiger partial charge in [0.2, 0.25) is 5.91 Å². The summed E-state index contributed by atoms with van der Waals surface area (Å²) in [5, 5.41) is 9.57. The zero-order chi connectivity index (χ0) is 23.6. The van der Waals surface area contributed by atoms with Crippen molar-refractivity contribution in [1.29, 1.82) is 0 Å². The highest BCUT2D eigenvalue weighted by atomic mass is 19.3. The van der Waals surface area contributed by atoms with Gasteiger partial charge in [-0.3, -0.25) is 19.4 Å². The van der Waals surface area contributed by atoms with E-state index < -0.39 is 30.3 Å². The molecule has 32 heavy (non-hydrogen) atoms. The van der Waals surface area contributed by atoms with Crippen LogP contribution in [0.3, 0.4) is 0 Å². The molecule has 1 aliphatic heterocycles. The van der Waals surface area contributed by atoms with Crippen molar-refractivity contribution in [3.63, 3.8) is 0 Å². The minimum atomic E-state index is -2.72. The number of hydrogen-bond donors (Lipinski definition) is 1. The molecule has 1 N–H and O–H groups in total. The molecule has 10 heteroatoms. The van der Waals surface area contributed by atoms with Crippen LogP contribution >= 0.6 is 0 Å². The number of rotatable bonds is 7. The van der Waals surface area contributed by atoms with E-state index in [-0.39, 0.29) is 24.2 Å². The maximum atomic E-state index is 13.3. The number of methoxy groups -OCH3 is 2. The standard InChI is InChI=1S/C22H22F2N2O6/c1-12-13(5-4-6-15(12)19(23)24)10-26-20(27)16(21(28)29)11-25(22(26)30)14-7-8-17(31-2)18(9-14)32-3/h4-9,16,19H,10-11H2,1-3H3,(H,28,29). The molecule has 1 heterocycles. The van der Waals surface area contributed by atoms with Crippen LogP contribution in [0.25, 0.3) is 0 Å². The van der Waals surface area contributed by atoms with Gasteiger partial charge in [-0.25, -0.2) is 13.6 Å². The molecule has 0 spiro atoms. The molecule has 3 amide bonds. The molecule has 170 valence electrons. The summed E-state index contributed by atoms with van der Waals surface area (Å²) in [5.41, 5.74) is 0.640. The van der Waals surface area contributed by atoms with Crippen molar-refractivity contribution in [1.82, 2.24) is 4.90 Å². The average molecular weight is 448 g/mol. The lowest BCUT2D eigenvalue weighted by molar-refractivity contribution is -0.150. The van der Waals surface area contributed by atoms with Gasteiger partial charge in [0.15, 0.2) is 17.4 Å². The number of benzene rings is 2. The van der Waals surface area contributed by atoms with Gasteiger partial charge in [0.1, 0.15) is 0 Å². The lowest BCUT2D eigenvalue weighted by Gasteiger charge is -2.37. The number of carbonyl (C=O) groups is 3. The number of amides is 3. The predicted molar refractivity (Wildman–Crippen MR) is 110 cm³/mol. The van der Waals surface area contributed by atoms with Crippen LogP contribution in [-0.4, -0.2) is 48.7 Å². The quantitative estimate of drug-likeness (QED) is 0.650. The van der Waals surface area contributed by atoms with Crippen LogP contribution in [0.1, 0.15) is 23.1 Å². The molecule has 1 fully saturated rings. The molecular weight excluding hydrogens is 426 g/mol. The van der Waals surface area contributed by atoms with Gasteiger partial charge in [0, 0.05) is 23.9 Å². The summed E-state index contributed by atoms with van der Waals surface area (Å²) in [6.45, 7) is 0.753. The van der Waals surface area contributed by atoms with Gasteiger partial charge in [-0.2, -0.15) is 0 Å². The van der Waals surface area contributed by atoms with Crippen LogP contribution in [-0.2, 0) is 16.1 Å². The van der Waals surface area contributed by atoms with Gasteiger partial charge < -0.3 is 14.6 Å². The Kier molecular flexibility index (Phi) is 6.61. The number of aliphatic carboxylic acids is 1. The van der Waals surface area contributed by atoms with E-state index >= 15 is 0 Å². The number of imide groups is 1. The van der Waals surface area contributed by atoms with Crippen LogP contribution in [0.2, 0.25) is 0 Å². The zero-order valence-electron chi connectivity index (χ0n) is 17.7. The fraction of sp³-hybridized carbons (Fsp3) is 0.318. The Hall–Kier alpha value is -3.69. The van der Waals surface area contributed by atoms with Gasteiger partial charge in [-0.1, -0.05) is 18.2 Å². The van der Waals surface area contributed by atoms with Crippen molar-refractivity contribution in [2.24, 2.45) is 5.92 Å². The molecule has 0 saturated carbocycles. The Morgan fingerprint density at radius 2 is 1.84 bits per heavy atom. The van der Waals surface area contributed by atoms with Crippen LogP contribution in [0.4, 0.5) is 19.3 Å². The molecule has 0 bridgehead atoms. The van der Waals surface area contributed by atoms with Crippen LogP contribution in [0, 0.1) is 12.8 Å². The highest BCUT2D eigenvalue weighted by Gasteiger charge is 2.43. The normalized spacial score (nSPS) is 16.5. The van der Waals surface area contributed by atoms with Crippen LogP contribution in [0.15, 0.2) is 36.4 Å². The number of urea groups is 1. The van der Waals surface area contributed by atoms with Gasteiger partial charge >= 0.3 is 12.0 Å². The number of carboxylic acids is 1. The third kappa shape index (κ3) is 4.20. The Morgan fingerprint density at radius 1 is 1.16 bits per heavy atom. The monoisotopic (exact) mass is 448 g/mol. The number of ether oxygens (including phenoxy) is 2. The van der Waals surface area contributed by atoms with Crippen molar-refractivity contribution in [3.8, 4) is 11.5 Å². The highest BCUT2D eigenvalue weighted by molar-refractivity contribution is 6.12. The molecule has 8 nitrogen and oxygen atoms in total. The van der Waals surface area contributed by atoms with Crippen molar-refractivity contribution >= 4 is 23.6 Å². The van der Waals surface area contributed by atoms with Gasteiger partial charge in [0.25, 0.3) is 6.43 Å². The summed E-state index contributed by atoms with van der Waals surface area (Å²) in [5.74, 6) is -3.09. The first kappa shape index (κ1) is 23.0. The van der Waals surface area contributed by atoms with E-state index in [9.17, 15) is 28.3 Å². The second kappa shape index (κ2) is 9.21. The van der Waals surface area contributed by atoms with Gasteiger partial charge in [-0.05, 0) is 30.2 Å². The second-order valence-corrected chi connectivity index (χ2v) is 7.18. The fourth-order valence-electron chi connectivity index (χ4n) is 3.59. The van der Waals surface area contributed by atoms with Crippen molar-refractivity contribution < 1.29 is 37.7 Å². The van der Waals surface area contributed by atoms with Crippen molar-refractivity contribution in [2.45, 2.75) is 19.9 Å². The van der Waals surface area contributed by atoms with E-state index in [1.54, 1.807) is 6.07 Å². The maximum Gasteiger partial charge on any atom is 0.331 e. The first-order chi connectivity index (χ1) is 15.2. The number of halogens is 2. The van der Waals surface area contributed by atoms with Crippen LogP contribution < -0.4 is 14.4 Å². The van der Waals surface area contributed by atoms with Crippen molar-refractivity contribution in [3.05, 3.63) is 53.1 Å². The molecule has 1 unspecified atom stereocenters. The minimum Gasteiger partial charge on any atom is -0.493 e. The summed E-state index contributed by atoms with van der Waals surface area (Å²) in [7, 11) is 2.86. The second-order valence-electron chi connectivity index (χ2n) is 7.18. The Bertz CT molecular complexity index is 1060. The number of hydrogen-bond acceptors (Lipinski definition) is 5. The molecule has 0 aliphatic carbocycles. The molecule has 2 aromatic carbocycles. The largest absolute Gasteiger partial charge is 0.493 e. The molecule has 1 aliphatic rings. The summed E-state index contributed by atoms with van der Waals surface area (Å²) in [6, 6.07) is 8.01. The molecule has 1 atom stereocenters. The number of carbonyl (C=O) groups excluding carboxylic acids is 2. The maximum absolute atomic E-state index is 13.3. The smallest absolute Gasteiger partial charge is 0.331 e. The zero-order valence-corrected chi connectivity index (χ0v) is 17.7. The van der Waals surface area contributed by atoms with E-state index in [4.69, 9.17) is 9.47 Å². The fourth-order valence-corrected chi connectivity index (χ4v) is 3.59. The molecule has 0 radical (unpaired) electrons. The van der Waals surface area contributed by atoms with E-state index in [0.717, 1.165) is 9.80 Å². The number of nitrogens with zero attached hydrogens (tertiary/aromatic N) is 2. The molecule has 3 rings (SSSR count). The summed E-state index contributed by atoms with van der Waals surface area (Å²) < 4.78 is 37.0. The highest BCUT2D eigenvalue weighted by Crippen LogP contribution is 2.34. The Labute approximate surface area is 182 Å². The summed E-state index contributed by atoms with van der Waals surface area (Å²) in [6.07, 6.45) is -2.72. The Morgan fingerprint density at radius 3 is 2.44 bits per heavy atom.